The van der Waals surface area contributed by atoms with Gasteiger partial charge in [-0.05, 0) is 25.3 Å². The molecular formula is C10H17F3N2O2. The quantitative estimate of drug-likeness (QED) is 0.772. The Bertz CT molecular complexity index is 271. The van der Waals surface area contributed by atoms with Crippen molar-refractivity contribution >= 4 is 5.91 Å². The van der Waals surface area contributed by atoms with Gasteiger partial charge in [-0.3, -0.25) is 9.63 Å². The average molecular weight is 254 g/mol. The molecule has 100 valence electrons. The molecule has 7 heteroatoms. The maximum absolute atomic E-state index is 12.7. The zero-order chi connectivity index (χ0) is 13.1. The third-order valence-electron chi connectivity index (χ3n) is 3.00. The molecule has 1 amide bonds. The number of amides is 1. The van der Waals surface area contributed by atoms with Crippen molar-refractivity contribution in [1.82, 2.24) is 10.4 Å². The van der Waals surface area contributed by atoms with Crippen LogP contribution >= 0.6 is 0 Å². The second-order valence-corrected chi connectivity index (χ2v) is 4.15. The molecule has 4 nitrogen and oxygen atoms in total. The van der Waals surface area contributed by atoms with Crippen molar-refractivity contribution < 1.29 is 22.8 Å². The van der Waals surface area contributed by atoms with Gasteiger partial charge in [0, 0.05) is 13.5 Å². The van der Waals surface area contributed by atoms with Crippen molar-refractivity contribution in [3.63, 3.8) is 0 Å². The van der Waals surface area contributed by atoms with Gasteiger partial charge in [-0.2, -0.15) is 13.2 Å². The van der Waals surface area contributed by atoms with Crippen molar-refractivity contribution in [2.45, 2.75) is 31.5 Å². The summed E-state index contributed by atoms with van der Waals surface area (Å²) in [6.45, 7) is 0.342. The van der Waals surface area contributed by atoms with E-state index in [4.69, 9.17) is 0 Å². The number of halogens is 3. The third kappa shape index (κ3) is 3.85. The van der Waals surface area contributed by atoms with Crippen molar-refractivity contribution in [2.24, 2.45) is 5.92 Å². The Labute approximate surface area is 98.1 Å². The molecule has 1 heterocycles. The van der Waals surface area contributed by atoms with E-state index >= 15 is 0 Å². The Kier molecular flexibility index (Phi) is 4.76. The van der Waals surface area contributed by atoms with Crippen LogP contribution in [0.1, 0.15) is 19.3 Å². The summed E-state index contributed by atoms with van der Waals surface area (Å²) in [6, 6.07) is -1.59. The zero-order valence-corrected chi connectivity index (χ0v) is 9.88. The number of hydrogen-bond donors (Lipinski definition) is 1. The van der Waals surface area contributed by atoms with E-state index in [1.54, 1.807) is 0 Å². The summed E-state index contributed by atoms with van der Waals surface area (Å²) in [5, 5.41) is 3.40. The molecule has 1 aliphatic rings. The van der Waals surface area contributed by atoms with Gasteiger partial charge < -0.3 is 5.32 Å². The number of rotatable bonds is 3. The lowest BCUT2D eigenvalue weighted by molar-refractivity contribution is -0.182. The number of nitrogens with zero attached hydrogens (tertiary/aromatic N) is 1. The lowest BCUT2D eigenvalue weighted by atomic mass is 9.87. The summed E-state index contributed by atoms with van der Waals surface area (Å²) in [5.74, 6) is -1.15. The van der Waals surface area contributed by atoms with E-state index in [9.17, 15) is 18.0 Å². The van der Waals surface area contributed by atoms with E-state index in [1.165, 1.54) is 14.2 Å². The van der Waals surface area contributed by atoms with Crippen LogP contribution in [-0.2, 0) is 9.63 Å². The van der Waals surface area contributed by atoms with Crippen LogP contribution in [0.15, 0.2) is 0 Å². The van der Waals surface area contributed by atoms with Crippen molar-refractivity contribution in [3.8, 4) is 0 Å². The van der Waals surface area contributed by atoms with Gasteiger partial charge in [-0.1, -0.05) is 0 Å². The Morgan fingerprint density at radius 1 is 1.53 bits per heavy atom. The van der Waals surface area contributed by atoms with E-state index < -0.39 is 24.0 Å². The highest BCUT2D eigenvalue weighted by atomic mass is 19.4. The van der Waals surface area contributed by atoms with Gasteiger partial charge in [0.1, 0.15) is 6.04 Å². The van der Waals surface area contributed by atoms with Gasteiger partial charge in [-0.25, -0.2) is 5.06 Å². The minimum atomic E-state index is -4.31. The maximum atomic E-state index is 12.7. The van der Waals surface area contributed by atoms with Gasteiger partial charge >= 0.3 is 6.18 Å². The zero-order valence-electron chi connectivity index (χ0n) is 9.88. The van der Waals surface area contributed by atoms with Crippen LogP contribution < -0.4 is 5.32 Å². The van der Waals surface area contributed by atoms with Crippen LogP contribution in [0.25, 0.3) is 0 Å². The molecular weight excluding hydrogens is 237 g/mol. The van der Waals surface area contributed by atoms with Crippen molar-refractivity contribution in [2.75, 3.05) is 20.7 Å². The van der Waals surface area contributed by atoms with Crippen LogP contribution in [0.4, 0.5) is 13.2 Å². The van der Waals surface area contributed by atoms with E-state index in [0.717, 1.165) is 5.06 Å². The van der Waals surface area contributed by atoms with Crippen LogP contribution in [0.2, 0.25) is 0 Å². The molecule has 17 heavy (non-hydrogen) atoms. The summed E-state index contributed by atoms with van der Waals surface area (Å²) in [5.41, 5.74) is 0. The standard InChI is InChI=1S/C10H17F3N2O2/c1-15(17-2)8(16)6-7-4-3-5-14-9(7)10(11,12)13/h7,9,14H,3-6H2,1-2H3/t7-,9-/m0/s1. The number of carbonyl (C=O) groups excluding carboxylic acids is 1. The smallest absolute Gasteiger partial charge is 0.306 e. The number of carbonyl (C=O) groups is 1. The number of hydrogen-bond acceptors (Lipinski definition) is 3. The minimum Gasteiger partial charge on any atom is -0.306 e. The van der Waals surface area contributed by atoms with E-state index in [-0.39, 0.29) is 6.42 Å². The minimum absolute atomic E-state index is 0.151. The van der Waals surface area contributed by atoms with Crippen LogP contribution in [-0.4, -0.2) is 43.9 Å². The molecule has 1 rings (SSSR count). The van der Waals surface area contributed by atoms with Crippen molar-refractivity contribution in [3.05, 3.63) is 0 Å². The molecule has 0 aliphatic carbocycles. The Morgan fingerprint density at radius 3 is 2.71 bits per heavy atom. The SMILES string of the molecule is CON(C)C(=O)C[C@@H]1CCCN[C@@H]1C(F)(F)F. The molecule has 1 N–H and O–H groups in total. The molecule has 1 aliphatic heterocycles. The largest absolute Gasteiger partial charge is 0.404 e. The molecule has 0 radical (unpaired) electrons. The lowest BCUT2D eigenvalue weighted by Gasteiger charge is -2.34. The number of hydroxylamine groups is 2. The Hall–Kier alpha value is -0.820. The van der Waals surface area contributed by atoms with Crippen LogP contribution in [0.3, 0.4) is 0 Å². The highest BCUT2D eigenvalue weighted by Crippen LogP contribution is 2.32. The lowest BCUT2D eigenvalue weighted by Crippen LogP contribution is -2.52. The predicted molar refractivity (Wildman–Crippen MR) is 55.0 cm³/mol. The normalized spacial score (nSPS) is 25.7. The maximum Gasteiger partial charge on any atom is 0.404 e. The summed E-state index contributed by atoms with van der Waals surface area (Å²) in [7, 11) is 2.69. The fourth-order valence-corrected chi connectivity index (χ4v) is 2.01. The highest BCUT2D eigenvalue weighted by molar-refractivity contribution is 5.75. The van der Waals surface area contributed by atoms with Gasteiger partial charge in [0.25, 0.3) is 0 Å². The molecule has 2 atom stereocenters. The molecule has 1 saturated heterocycles. The molecule has 0 unspecified atom stereocenters. The van der Waals surface area contributed by atoms with Crippen LogP contribution in [0.5, 0.6) is 0 Å². The number of piperidine rings is 1. The number of nitrogens with one attached hydrogen (secondary N) is 1. The van der Waals surface area contributed by atoms with E-state index in [1.807, 2.05) is 0 Å². The molecule has 0 aromatic heterocycles. The summed E-state index contributed by atoms with van der Waals surface area (Å²) in [6.07, 6.45) is -3.40. The molecule has 1 fully saturated rings. The monoisotopic (exact) mass is 254 g/mol. The Morgan fingerprint density at radius 2 is 2.18 bits per heavy atom. The third-order valence-corrected chi connectivity index (χ3v) is 3.00. The molecule has 0 bridgehead atoms. The van der Waals surface area contributed by atoms with Crippen molar-refractivity contribution in [1.29, 1.82) is 0 Å². The van der Waals surface area contributed by atoms with Crippen LogP contribution in [0, 0.1) is 5.92 Å². The summed E-state index contributed by atoms with van der Waals surface area (Å²) < 4.78 is 38.1. The van der Waals surface area contributed by atoms with E-state index in [0.29, 0.717) is 19.4 Å². The number of alkyl halides is 3. The average Bonchev–Trinajstić information content (AvgIpc) is 2.27. The van der Waals surface area contributed by atoms with Gasteiger partial charge in [0.05, 0.1) is 7.11 Å². The first-order valence-corrected chi connectivity index (χ1v) is 5.47. The summed E-state index contributed by atoms with van der Waals surface area (Å²) in [4.78, 5) is 16.2. The highest BCUT2D eigenvalue weighted by Gasteiger charge is 2.46. The summed E-state index contributed by atoms with van der Waals surface area (Å²) >= 11 is 0. The second kappa shape index (κ2) is 5.68. The second-order valence-electron chi connectivity index (χ2n) is 4.15. The molecule has 0 spiro atoms. The molecule has 0 aromatic carbocycles. The van der Waals surface area contributed by atoms with E-state index in [2.05, 4.69) is 10.2 Å². The fraction of sp³-hybridized carbons (Fsp3) is 0.900. The first kappa shape index (κ1) is 14.2. The van der Waals surface area contributed by atoms with Gasteiger partial charge in [0.15, 0.2) is 0 Å². The topological polar surface area (TPSA) is 41.6 Å². The Balaban J connectivity index is 2.63. The van der Waals surface area contributed by atoms with Gasteiger partial charge in [-0.15, -0.1) is 0 Å². The molecule has 0 aromatic rings. The first-order valence-electron chi connectivity index (χ1n) is 5.47. The predicted octanol–water partition coefficient (Wildman–Crippen LogP) is 1.33. The van der Waals surface area contributed by atoms with Gasteiger partial charge in [0.2, 0.25) is 5.91 Å². The first-order chi connectivity index (χ1) is 7.86. The molecule has 0 saturated carbocycles. The fourth-order valence-electron chi connectivity index (χ4n) is 2.01.